The number of nitro groups is 1. The van der Waals surface area contributed by atoms with Gasteiger partial charge in [-0.25, -0.2) is 0 Å². The Morgan fingerprint density at radius 3 is 2.46 bits per heavy atom. The van der Waals surface area contributed by atoms with Crippen molar-refractivity contribution in [1.82, 2.24) is 5.32 Å². The van der Waals surface area contributed by atoms with Crippen molar-refractivity contribution in [1.29, 1.82) is 0 Å². The molecule has 2 aromatic carbocycles. The molecule has 2 rings (SSSR count). The molecule has 0 bridgehead atoms. The van der Waals surface area contributed by atoms with Crippen LogP contribution in [0.2, 0.25) is 0 Å². The number of hydrogen-bond acceptors (Lipinski definition) is 6. The number of nitrogens with one attached hydrogen (secondary N) is 1. The van der Waals surface area contributed by atoms with Crippen LogP contribution in [-0.4, -0.2) is 35.7 Å². The van der Waals surface area contributed by atoms with E-state index in [1.54, 1.807) is 18.2 Å². The van der Waals surface area contributed by atoms with E-state index in [2.05, 4.69) is 5.32 Å². The zero-order valence-electron chi connectivity index (χ0n) is 13.9. The van der Waals surface area contributed by atoms with Gasteiger partial charge in [-0.3, -0.25) is 24.5 Å². The average Bonchev–Trinajstić information content (AvgIpc) is 2.64. The minimum atomic E-state index is -0.787. The van der Waals surface area contributed by atoms with Crippen molar-refractivity contribution < 1.29 is 24.0 Å². The van der Waals surface area contributed by atoms with E-state index in [9.17, 15) is 24.5 Å². The molecule has 0 unspecified atom stereocenters. The summed E-state index contributed by atoms with van der Waals surface area (Å²) in [4.78, 5) is 45.6. The Labute approximate surface area is 148 Å². The predicted molar refractivity (Wildman–Crippen MR) is 91.9 cm³/mol. The molecule has 0 aliphatic rings. The summed E-state index contributed by atoms with van der Waals surface area (Å²) in [6.45, 7) is 0.875. The maximum Gasteiger partial charge on any atom is 0.325 e. The molecule has 26 heavy (non-hydrogen) atoms. The number of amides is 1. The Bertz CT molecular complexity index is 862. The van der Waals surface area contributed by atoms with Gasteiger partial charge in [0.2, 0.25) is 5.78 Å². The van der Waals surface area contributed by atoms with Crippen LogP contribution < -0.4 is 5.32 Å². The molecular formula is C18H16N2O6. The smallest absolute Gasteiger partial charge is 0.325 e. The van der Waals surface area contributed by atoms with Crippen molar-refractivity contribution in [2.45, 2.75) is 6.92 Å². The number of hydrogen-bond donors (Lipinski definition) is 1. The number of rotatable bonds is 7. The van der Waals surface area contributed by atoms with Gasteiger partial charge >= 0.3 is 5.97 Å². The second kappa shape index (κ2) is 8.52. The van der Waals surface area contributed by atoms with Gasteiger partial charge in [0.1, 0.15) is 6.54 Å². The van der Waals surface area contributed by atoms with Crippen molar-refractivity contribution in [2.75, 3.05) is 13.2 Å². The lowest BCUT2D eigenvalue weighted by atomic mass is 10.1. The van der Waals surface area contributed by atoms with E-state index in [1.807, 2.05) is 13.0 Å². The molecule has 0 aliphatic carbocycles. The first-order valence-electron chi connectivity index (χ1n) is 7.65. The number of carbonyl (C=O) groups excluding carboxylic acids is 3. The van der Waals surface area contributed by atoms with Crippen LogP contribution in [0, 0.1) is 17.0 Å². The summed E-state index contributed by atoms with van der Waals surface area (Å²) in [7, 11) is 0. The SMILES string of the molecule is Cc1cccc(C(=O)NCC(=O)OCC(=O)c2cccc([N+](=O)[O-])c2)c1. The third-order valence-corrected chi connectivity index (χ3v) is 3.42. The topological polar surface area (TPSA) is 116 Å². The van der Waals surface area contributed by atoms with Crippen LogP contribution in [0.4, 0.5) is 5.69 Å². The number of esters is 1. The van der Waals surface area contributed by atoms with E-state index < -0.39 is 35.7 Å². The Hall–Kier alpha value is -3.55. The summed E-state index contributed by atoms with van der Waals surface area (Å²) >= 11 is 0. The second-order valence-electron chi connectivity index (χ2n) is 5.44. The van der Waals surface area contributed by atoms with Crippen LogP contribution in [0.5, 0.6) is 0 Å². The Kier molecular flexibility index (Phi) is 6.15. The van der Waals surface area contributed by atoms with Crippen molar-refractivity contribution in [3.63, 3.8) is 0 Å². The molecule has 0 aromatic heterocycles. The highest BCUT2D eigenvalue weighted by molar-refractivity contribution is 5.99. The normalized spacial score (nSPS) is 10.0. The number of benzene rings is 2. The maximum absolute atomic E-state index is 11.9. The largest absolute Gasteiger partial charge is 0.456 e. The van der Waals surface area contributed by atoms with Crippen LogP contribution in [0.25, 0.3) is 0 Å². The number of ether oxygens (including phenoxy) is 1. The van der Waals surface area contributed by atoms with Crippen LogP contribution in [0.3, 0.4) is 0 Å². The van der Waals surface area contributed by atoms with Gasteiger partial charge in [0, 0.05) is 23.3 Å². The van der Waals surface area contributed by atoms with E-state index in [4.69, 9.17) is 4.74 Å². The molecule has 2 aromatic rings. The first kappa shape index (κ1) is 18.8. The molecule has 0 saturated heterocycles. The van der Waals surface area contributed by atoms with Crippen LogP contribution in [0.1, 0.15) is 26.3 Å². The van der Waals surface area contributed by atoms with Crippen molar-refractivity contribution in [2.24, 2.45) is 0 Å². The number of ketones is 1. The third kappa shape index (κ3) is 5.23. The molecule has 0 aliphatic heterocycles. The van der Waals surface area contributed by atoms with E-state index in [0.29, 0.717) is 5.56 Å². The molecular weight excluding hydrogens is 340 g/mol. The Morgan fingerprint density at radius 1 is 1.08 bits per heavy atom. The number of non-ortho nitro benzene ring substituents is 1. The lowest BCUT2D eigenvalue weighted by molar-refractivity contribution is -0.384. The zero-order chi connectivity index (χ0) is 19.1. The fraction of sp³-hybridized carbons (Fsp3) is 0.167. The van der Waals surface area contributed by atoms with E-state index in [-0.39, 0.29) is 11.3 Å². The van der Waals surface area contributed by atoms with Gasteiger partial charge in [-0.2, -0.15) is 0 Å². The third-order valence-electron chi connectivity index (χ3n) is 3.42. The number of Topliss-reactive ketones (excluding diaryl/α,β-unsaturated/α-hetero) is 1. The lowest BCUT2D eigenvalue weighted by Crippen LogP contribution is -2.31. The first-order chi connectivity index (χ1) is 12.4. The molecule has 1 amide bonds. The molecule has 0 heterocycles. The molecule has 8 nitrogen and oxygen atoms in total. The molecule has 0 spiro atoms. The molecule has 0 fully saturated rings. The second-order valence-corrected chi connectivity index (χ2v) is 5.44. The predicted octanol–water partition coefficient (Wildman–Crippen LogP) is 2.06. The highest BCUT2D eigenvalue weighted by Crippen LogP contribution is 2.13. The van der Waals surface area contributed by atoms with Gasteiger partial charge in [0.05, 0.1) is 4.92 Å². The number of nitrogens with zero attached hydrogens (tertiary/aromatic N) is 1. The Balaban J connectivity index is 1.83. The van der Waals surface area contributed by atoms with Gasteiger partial charge in [0.15, 0.2) is 6.61 Å². The van der Waals surface area contributed by atoms with Crippen LogP contribution >= 0.6 is 0 Å². The average molecular weight is 356 g/mol. The van der Waals surface area contributed by atoms with E-state index >= 15 is 0 Å². The monoisotopic (exact) mass is 356 g/mol. The standard InChI is InChI=1S/C18H16N2O6/c1-12-4-2-6-14(8-12)18(23)19-10-17(22)26-11-16(21)13-5-3-7-15(9-13)20(24)25/h2-9H,10-11H2,1H3,(H,19,23). The summed E-state index contributed by atoms with van der Waals surface area (Å²) in [5, 5.41) is 13.1. The van der Waals surface area contributed by atoms with Gasteiger partial charge in [-0.1, -0.05) is 29.8 Å². The van der Waals surface area contributed by atoms with Gasteiger partial charge in [0.25, 0.3) is 11.6 Å². The summed E-state index contributed by atoms with van der Waals surface area (Å²) in [6, 6.07) is 12.0. The molecule has 1 N–H and O–H groups in total. The number of carbonyl (C=O) groups is 3. The summed E-state index contributed by atoms with van der Waals surface area (Å²) in [6.07, 6.45) is 0. The molecule has 0 atom stereocenters. The van der Waals surface area contributed by atoms with E-state index in [0.717, 1.165) is 11.6 Å². The van der Waals surface area contributed by atoms with Gasteiger partial charge in [-0.05, 0) is 19.1 Å². The van der Waals surface area contributed by atoms with Crippen molar-refractivity contribution in [3.8, 4) is 0 Å². The minimum Gasteiger partial charge on any atom is -0.456 e. The van der Waals surface area contributed by atoms with Crippen LogP contribution in [0.15, 0.2) is 48.5 Å². The van der Waals surface area contributed by atoms with Crippen molar-refractivity contribution in [3.05, 3.63) is 75.3 Å². The van der Waals surface area contributed by atoms with Crippen molar-refractivity contribution >= 4 is 23.3 Å². The summed E-state index contributed by atoms with van der Waals surface area (Å²) in [5.74, 6) is -1.80. The number of aryl methyl sites for hydroxylation is 1. The maximum atomic E-state index is 11.9. The van der Waals surface area contributed by atoms with Gasteiger partial charge < -0.3 is 10.1 Å². The molecule has 8 heteroatoms. The highest BCUT2D eigenvalue weighted by Gasteiger charge is 2.14. The lowest BCUT2D eigenvalue weighted by Gasteiger charge is -2.07. The molecule has 134 valence electrons. The van der Waals surface area contributed by atoms with Crippen LogP contribution in [-0.2, 0) is 9.53 Å². The zero-order valence-corrected chi connectivity index (χ0v) is 13.9. The fourth-order valence-corrected chi connectivity index (χ4v) is 2.11. The Morgan fingerprint density at radius 2 is 1.77 bits per heavy atom. The molecule has 0 saturated carbocycles. The quantitative estimate of drug-likeness (QED) is 0.351. The van der Waals surface area contributed by atoms with E-state index in [1.165, 1.54) is 18.2 Å². The summed E-state index contributed by atoms with van der Waals surface area (Å²) < 4.78 is 4.80. The van der Waals surface area contributed by atoms with Gasteiger partial charge in [-0.15, -0.1) is 0 Å². The first-order valence-corrected chi connectivity index (χ1v) is 7.65. The fourth-order valence-electron chi connectivity index (χ4n) is 2.11. The summed E-state index contributed by atoms with van der Waals surface area (Å²) in [5.41, 5.74) is 1.15. The highest BCUT2D eigenvalue weighted by atomic mass is 16.6. The molecule has 0 radical (unpaired) electrons. The minimum absolute atomic E-state index is 0.0656. The number of nitro benzene ring substituents is 1.